The summed E-state index contributed by atoms with van der Waals surface area (Å²) in [6, 6.07) is 8.19. The highest BCUT2D eigenvalue weighted by Crippen LogP contribution is 2.24. The van der Waals surface area contributed by atoms with Gasteiger partial charge in [-0.1, -0.05) is 12.1 Å². The van der Waals surface area contributed by atoms with Gasteiger partial charge < -0.3 is 10.6 Å². The summed E-state index contributed by atoms with van der Waals surface area (Å²) >= 11 is 0. The second kappa shape index (κ2) is 10.1. The number of anilines is 1. The molecule has 6 heteroatoms. The number of amides is 1. The third-order valence-electron chi connectivity index (χ3n) is 3.99. The SMILES string of the molecule is CC=CC=NCC(=O)NCCCNc1nc2cc(C)cc(C)c2cc1C#N. The lowest BCUT2D eigenvalue weighted by Gasteiger charge is -2.11. The number of allylic oxidation sites excluding steroid dienone is 2. The molecule has 0 fully saturated rings. The first-order chi connectivity index (χ1) is 13.0. The molecule has 2 aromatic rings. The van der Waals surface area contributed by atoms with Gasteiger partial charge in [-0.3, -0.25) is 9.79 Å². The van der Waals surface area contributed by atoms with Crippen LogP contribution < -0.4 is 10.6 Å². The molecule has 0 bridgehead atoms. The van der Waals surface area contributed by atoms with Crippen molar-refractivity contribution in [2.75, 3.05) is 25.0 Å². The fourth-order valence-corrected chi connectivity index (χ4v) is 2.71. The van der Waals surface area contributed by atoms with Crippen molar-refractivity contribution in [2.45, 2.75) is 27.2 Å². The molecule has 2 rings (SSSR count). The van der Waals surface area contributed by atoms with E-state index in [4.69, 9.17) is 0 Å². The molecule has 0 spiro atoms. The second-order valence-corrected chi connectivity index (χ2v) is 6.29. The third kappa shape index (κ3) is 5.93. The summed E-state index contributed by atoms with van der Waals surface area (Å²) < 4.78 is 0. The van der Waals surface area contributed by atoms with Crippen LogP contribution in [0.5, 0.6) is 0 Å². The first-order valence-corrected chi connectivity index (χ1v) is 8.99. The Bertz CT molecular complexity index is 909. The fraction of sp³-hybridized carbons (Fsp3) is 0.333. The van der Waals surface area contributed by atoms with Crippen molar-refractivity contribution in [2.24, 2.45) is 4.99 Å². The van der Waals surface area contributed by atoms with Crippen molar-refractivity contribution in [1.82, 2.24) is 10.3 Å². The van der Waals surface area contributed by atoms with Crippen LogP contribution >= 0.6 is 0 Å². The number of nitriles is 1. The van der Waals surface area contributed by atoms with Gasteiger partial charge in [0.1, 0.15) is 18.4 Å². The van der Waals surface area contributed by atoms with Crippen molar-refractivity contribution in [3.63, 3.8) is 0 Å². The van der Waals surface area contributed by atoms with Crippen molar-refractivity contribution in [3.8, 4) is 6.07 Å². The van der Waals surface area contributed by atoms with E-state index in [1.807, 2.05) is 39.0 Å². The average molecular weight is 363 g/mol. The molecule has 1 amide bonds. The van der Waals surface area contributed by atoms with Crippen molar-refractivity contribution in [1.29, 1.82) is 5.26 Å². The van der Waals surface area contributed by atoms with Gasteiger partial charge >= 0.3 is 0 Å². The average Bonchev–Trinajstić information content (AvgIpc) is 2.64. The summed E-state index contributed by atoms with van der Waals surface area (Å²) in [6.45, 7) is 7.23. The molecule has 0 atom stereocenters. The molecule has 1 aromatic heterocycles. The second-order valence-electron chi connectivity index (χ2n) is 6.29. The number of carbonyl (C=O) groups is 1. The molecule has 0 saturated carbocycles. The molecule has 0 saturated heterocycles. The first-order valence-electron chi connectivity index (χ1n) is 8.99. The van der Waals surface area contributed by atoms with Crippen LogP contribution in [0.15, 0.2) is 35.3 Å². The highest BCUT2D eigenvalue weighted by atomic mass is 16.1. The summed E-state index contributed by atoms with van der Waals surface area (Å²) in [5, 5.41) is 16.4. The number of nitrogens with one attached hydrogen (secondary N) is 2. The molecule has 140 valence electrons. The molecule has 0 unspecified atom stereocenters. The Morgan fingerprint density at radius 1 is 1.30 bits per heavy atom. The van der Waals surface area contributed by atoms with Gasteiger partial charge in [-0.25, -0.2) is 4.98 Å². The van der Waals surface area contributed by atoms with E-state index in [0.717, 1.165) is 28.5 Å². The van der Waals surface area contributed by atoms with Gasteiger partial charge in [0, 0.05) is 24.7 Å². The van der Waals surface area contributed by atoms with E-state index in [-0.39, 0.29) is 12.5 Å². The number of pyridine rings is 1. The molecule has 0 aliphatic rings. The third-order valence-corrected chi connectivity index (χ3v) is 3.99. The fourth-order valence-electron chi connectivity index (χ4n) is 2.71. The molecule has 1 heterocycles. The number of hydrogen-bond donors (Lipinski definition) is 2. The van der Waals surface area contributed by atoms with Gasteiger partial charge in [-0.2, -0.15) is 5.26 Å². The highest BCUT2D eigenvalue weighted by molar-refractivity contribution is 5.86. The van der Waals surface area contributed by atoms with Crippen LogP contribution in [0, 0.1) is 25.2 Å². The smallest absolute Gasteiger partial charge is 0.241 e. The topological polar surface area (TPSA) is 90.2 Å². The lowest BCUT2D eigenvalue weighted by Crippen LogP contribution is -2.27. The minimum Gasteiger partial charge on any atom is -0.369 e. The lowest BCUT2D eigenvalue weighted by atomic mass is 10.0. The van der Waals surface area contributed by atoms with Crippen molar-refractivity contribution in [3.05, 3.63) is 47.0 Å². The zero-order valence-corrected chi connectivity index (χ0v) is 16.0. The Hall–Kier alpha value is -3.20. The maximum Gasteiger partial charge on any atom is 0.241 e. The number of aryl methyl sites for hydroxylation is 2. The van der Waals surface area contributed by atoms with Gasteiger partial charge in [0.15, 0.2) is 0 Å². The summed E-state index contributed by atoms with van der Waals surface area (Å²) in [5.74, 6) is 0.473. The quantitative estimate of drug-likeness (QED) is 0.556. The Morgan fingerprint density at radius 3 is 2.85 bits per heavy atom. The predicted octanol–water partition coefficient (Wildman–Crippen LogP) is 3.29. The van der Waals surface area contributed by atoms with Gasteiger partial charge in [-0.05, 0) is 56.5 Å². The minimum atomic E-state index is -0.108. The molecular formula is C21H25N5O. The van der Waals surface area contributed by atoms with Crippen LogP contribution in [0.25, 0.3) is 10.9 Å². The minimum absolute atomic E-state index is 0.108. The van der Waals surface area contributed by atoms with Crippen LogP contribution in [-0.4, -0.2) is 36.7 Å². The number of aliphatic imine (C=N–C) groups is 1. The molecule has 0 aliphatic carbocycles. The van der Waals surface area contributed by atoms with Gasteiger partial charge in [-0.15, -0.1) is 0 Å². The summed E-state index contributed by atoms with van der Waals surface area (Å²) in [5.41, 5.74) is 3.65. The molecular weight excluding hydrogens is 338 g/mol. The molecule has 2 N–H and O–H groups in total. The molecule has 0 radical (unpaired) electrons. The molecule has 27 heavy (non-hydrogen) atoms. The Kier molecular flexibility index (Phi) is 7.50. The summed E-state index contributed by atoms with van der Waals surface area (Å²) in [4.78, 5) is 20.2. The van der Waals surface area contributed by atoms with Crippen molar-refractivity contribution < 1.29 is 4.79 Å². The normalized spacial score (nSPS) is 11.2. The van der Waals surface area contributed by atoms with Gasteiger partial charge in [0.2, 0.25) is 5.91 Å². The lowest BCUT2D eigenvalue weighted by molar-refractivity contribution is -0.119. The summed E-state index contributed by atoms with van der Waals surface area (Å²) in [6.07, 6.45) is 5.97. The number of carbonyl (C=O) groups excluding carboxylic acids is 1. The predicted molar refractivity (Wildman–Crippen MR) is 110 cm³/mol. The largest absolute Gasteiger partial charge is 0.369 e. The van der Waals surface area contributed by atoms with E-state index < -0.39 is 0 Å². The van der Waals surface area contributed by atoms with E-state index in [2.05, 4.69) is 32.7 Å². The Balaban J connectivity index is 1.89. The van der Waals surface area contributed by atoms with E-state index in [1.54, 1.807) is 12.3 Å². The maximum atomic E-state index is 11.6. The zero-order valence-electron chi connectivity index (χ0n) is 16.0. The number of rotatable bonds is 8. The van der Waals surface area contributed by atoms with Gasteiger partial charge in [0.05, 0.1) is 11.1 Å². The van der Waals surface area contributed by atoms with E-state index in [1.165, 1.54) is 0 Å². The standard InChI is InChI=1S/C21H25N5O/c1-4-5-7-23-14-20(27)24-8-6-9-25-21-17(13-22)12-18-16(3)10-15(2)11-19(18)26-21/h4-5,7,10-12H,6,8-9,14H2,1-3H3,(H,24,27)(H,25,26). The van der Waals surface area contributed by atoms with E-state index in [9.17, 15) is 10.1 Å². The number of benzene rings is 1. The van der Waals surface area contributed by atoms with Crippen LogP contribution in [0.4, 0.5) is 5.82 Å². The number of nitrogens with zero attached hydrogens (tertiary/aromatic N) is 3. The van der Waals surface area contributed by atoms with Crippen LogP contribution in [0.3, 0.4) is 0 Å². The maximum absolute atomic E-state index is 11.6. The number of fused-ring (bicyclic) bond motifs is 1. The Morgan fingerprint density at radius 2 is 2.11 bits per heavy atom. The first kappa shape index (κ1) is 20.1. The Labute approximate surface area is 160 Å². The van der Waals surface area contributed by atoms with Crippen molar-refractivity contribution >= 4 is 28.8 Å². The van der Waals surface area contributed by atoms with Crippen LogP contribution in [-0.2, 0) is 4.79 Å². The molecule has 6 nitrogen and oxygen atoms in total. The van der Waals surface area contributed by atoms with Gasteiger partial charge in [0.25, 0.3) is 0 Å². The number of aromatic nitrogens is 1. The highest BCUT2D eigenvalue weighted by Gasteiger charge is 2.08. The van der Waals surface area contributed by atoms with E-state index in [0.29, 0.717) is 24.5 Å². The monoisotopic (exact) mass is 363 g/mol. The molecule has 0 aliphatic heterocycles. The van der Waals surface area contributed by atoms with E-state index >= 15 is 0 Å². The van der Waals surface area contributed by atoms with Crippen LogP contribution in [0.1, 0.15) is 30.0 Å². The van der Waals surface area contributed by atoms with Crippen LogP contribution in [0.2, 0.25) is 0 Å². The molecule has 1 aromatic carbocycles. The summed E-state index contributed by atoms with van der Waals surface area (Å²) in [7, 11) is 0. The zero-order chi connectivity index (χ0) is 19.6. The number of hydrogen-bond acceptors (Lipinski definition) is 5.